The first-order valence-corrected chi connectivity index (χ1v) is 6.71. The van der Waals surface area contributed by atoms with Gasteiger partial charge in [0.05, 0.1) is 17.7 Å². The Morgan fingerprint density at radius 3 is 2.76 bits per heavy atom. The maximum absolute atomic E-state index is 12.2. The highest BCUT2D eigenvalue weighted by atomic mass is 16.5. The second kappa shape index (κ2) is 6.26. The van der Waals surface area contributed by atoms with E-state index < -0.39 is 5.97 Å². The lowest BCUT2D eigenvalue weighted by Crippen LogP contribution is -2.21. The summed E-state index contributed by atoms with van der Waals surface area (Å²) in [6, 6.07) is 7.39. The second-order valence-corrected chi connectivity index (χ2v) is 4.72. The van der Waals surface area contributed by atoms with Crippen LogP contribution in [0.15, 0.2) is 36.5 Å². The number of rotatable bonds is 4. The lowest BCUT2D eigenvalue weighted by Gasteiger charge is -2.08. The minimum absolute atomic E-state index is 0.0746. The molecule has 2 aromatic heterocycles. The number of hydrogen-bond acceptors (Lipinski definition) is 3. The normalized spacial score (nSPS) is 11.0. The Balaban J connectivity index is 2.46. The highest BCUT2D eigenvalue weighted by molar-refractivity contribution is 6.02. The smallest absolute Gasteiger partial charge is 0.330 e. The van der Waals surface area contributed by atoms with E-state index in [1.54, 1.807) is 33.2 Å². The van der Waals surface area contributed by atoms with Gasteiger partial charge in [0.1, 0.15) is 0 Å². The molecule has 0 saturated heterocycles. The summed E-state index contributed by atoms with van der Waals surface area (Å²) in [5.41, 5.74) is 2.16. The highest BCUT2D eigenvalue weighted by Gasteiger charge is 2.15. The van der Waals surface area contributed by atoms with E-state index in [0.717, 1.165) is 11.2 Å². The first kappa shape index (κ1) is 14.8. The molecule has 0 bridgehead atoms. The number of carbonyl (C=O) groups is 2. The van der Waals surface area contributed by atoms with Crippen molar-refractivity contribution in [1.29, 1.82) is 0 Å². The molecule has 0 aromatic carbocycles. The molecule has 2 heterocycles. The lowest BCUT2D eigenvalue weighted by atomic mass is 10.2. The van der Waals surface area contributed by atoms with Crippen molar-refractivity contribution in [1.82, 2.24) is 9.30 Å². The molecule has 2 rings (SSSR count). The third kappa shape index (κ3) is 3.13. The number of aromatic nitrogens is 1. The van der Waals surface area contributed by atoms with E-state index in [4.69, 9.17) is 4.74 Å². The van der Waals surface area contributed by atoms with Crippen LogP contribution in [0.2, 0.25) is 0 Å². The summed E-state index contributed by atoms with van der Waals surface area (Å²) in [4.78, 5) is 25.1. The van der Waals surface area contributed by atoms with Crippen molar-refractivity contribution in [3.05, 3.63) is 47.8 Å². The van der Waals surface area contributed by atoms with Gasteiger partial charge >= 0.3 is 5.97 Å². The summed E-state index contributed by atoms with van der Waals surface area (Å²) in [7, 11) is 3.42. The summed E-state index contributed by atoms with van der Waals surface area (Å²) in [6.45, 7) is 2.09. The van der Waals surface area contributed by atoms with Crippen LogP contribution in [0.25, 0.3) is 11.6 Å². The Kier molecular flexibility index (Phi) is 4.42. The number of carbonyl (C=O) groups excluding carboxylic acids is 2. The zero-order valence-electron chi connectivity index (χ0n) is 12.4. The Bertz CT molecular complexity index is 699. The number of hydrogen-bond donors (Lipinski definition) is 0. The Morgan fingerprint density at radius 2 is 2.10 bits per heavy atom. The van der Waals surface area contributed by atoms with Crippen molar-refractivity contribution in [2.75, 3.05) is 20.7 Å². The van der Waals surface area contributed by atoms with Crippen molar-refractivity contribution in [2.45, 2.75) is 6.92 Å². The van der Waals surface area contributed by atoms with Crippen LogP contribution in [0.5, 0.6) is 0 Å². The van der Waals surface area contributed by atoms with Gasteiger partial charge in [-0.15, -0.1) is 0 Å². The number of esters is 1. The van der Waals surface area contributed by atoms with Gasteiger partial charge in [-0.1, -0.05) is 6.07 Å². The summed E-state index contributed by atoms with van der Waals surface area (Å²) in [6.07, 6.45) is 4.87. The maximum Gasteiger partial charge on any atom is 0.330 e. The van der Waals surface area contributed by atoms with Crippen LogP contribution in [0.4, 0.5) is 0 Å². The standard InChI is InChI=1S/C16H18N2O3/c1-4-21-15(19)9-8-12-11-13(16(20)17(2)3)14-7-5-6-10-18(12)14/h5-11H,4H2,1-3H3/b9-8+. The SMILES string of the molecule is CCOC(=O)/C=C/c1cc(C(=O)N(C)C)c2ccccn12. The summed E-state index contributed by atoms with van der Waals surface area (Å²) >= 11 is 0. The molecular weight excluding hydrogens is 268 g/mol. The van der Waals surface area contributed by atoms with Crippen LogP contribution in [0, 0.1) is 0 Å². The van der Waals surface area contributed by atoms with Crippen LogP contribution in [-0.2, 0) is 9.53 Å². The van der Waals surface area contributed by atoms with E-state index in [1.807, 2.05) is 28.8 Å². The first-order chi connectivity index (χ1) is 10.0. The van der Waals surface area contributed by atoms with Gasteiger partial charge in [0, 0.05) is 32.1 Å². The molecule has 0 aliphatic rings. The van der Waals surface area contributed by atoms with Crippen LogP contribution in [-0.4, -0.2) is 41.9 Å². The molecule has 0 aliphatic heterocycles. The predicted molar refractivity (Wildman–Crippen MR) is 81.1 cm³/mol. The average molecular weight is 286 g/mol. The summed E-state index contributed by atoms with van der Waals surface area (Å²) in [5.74, 6) is -0.474. The van der Waals surface area contributed by atoms with Gasteiger partial charge < -0.3 is 14.0 Å². The fourth-order valence-corrected chi connectivity index (χ4v) is 2.06. The molecule has 0 radical (unpaired) electrons. The Hall–Kier alpha value is -2.56. The molecular formula is C16H18N2O3. The molecule has 0 saturated carbocycles. The van der Waals surface area contributed by atoms with E-state index in [9.17, 15) is 9.59 Å². The molecule has 21 heavy (non-hydrogen) atoms. The van der Waals surface area contributed by atoms with Gasteiger partial charge in [-0.2, -0.15) is 0 Å². The molecule has 0 aliphatic carbocycles. The van der Waals surface area contributed by atoms with Crippen LogP contribution >= 0.6 is 0 Å². The van der Waals surface area contributed by atoms with Gasteiger partial charge in [-0.25, -0.2) is 4.79 Å². The fraction of sp³-hybridized carbons (Fsp3) is 0.250. The van der Waals surface area contributed by atoms with Gasteiger partial charge in [0.2, 0.25) is 0 Å². The maximum atomic E-state index is 12.2. The van der Waals surface area contributed by atoms with Crippen molar-refractivity contribution in [3.8, 4) is 0 Å². The zero-order valence-corrected chi connectivity index (χ0v) is 12.4. The summed E-state index contributed by atoms with van der Waals surface area (Å²) < 4.78 is 6.73. The van der Waals surface area contributed by atoms with Gasteiger partial charge in [0.25, 0.3) is 5.91 Å². The molecule has 0 unspecified atom stereocenters. The van der Waals surface area contributed by atoms with Crippen molar-refractivity contribution < 1.29 is 14.3 Å². The minimum atomic E-state index is -0.399. The van der Waals surface area contributed by atoms with Crippen LogP contribution in [0.3, 0.4) is 0 Å². The third-order valence-corrected chi connectivity index (χ3v) is 3.02. The molecule has 5 nitrogen and oxygen atoms in total. The molecule has 0 fully saturated rings. The molecule has 1 amide bonds. The number of nitrogens with zero attached hydrogens (tertiary/aromatic N) is 2. The lowest BCUT2D eigenvalue weighted by molar-refractivity contribution is -0.137. The van der Waals surface area contributed by atoms with E-state index in [0.29, 0.717) is 12.2 Å². The molecule has 2 aromatic rings. The highest BCUT2D eigenvalue weighted by Crippen LogP contribution is 2.19. The average Bonchev–Trinajstić information content (AvgIpc) is 2.83. The molecule has 0 spiro atoms. The van der Waals surface area contributed by atoms with E-state index in [1.165, 1.54) is 11.0 Å². The summed E-state index contributed by atoms with van der Waals surface area (Å²) in [5, 5.41) is 0. The monoisotopic (exact) mass is 286 g/mol. The number of ether oxygens (including phenoxy) is 1. The Labute approximate surface area is 123 Å². The number of pyridine rings is 1. The largest absolute Gasteiger partial charge is 0.463 e. The zero-order chi connectivity index (χ0) is 15.4. The molecule has 0 atom stereocenters. The van der Waals surface area contributed by atoms with Crippen LogP contribution in [0.1, 0.15) is 23.0 Å². The second-order valence-electron chi connectivity index (χ2n) is 4.72. The van der Waals surface area contributed by atoms with E-state index in [2.05, 4.69) is 0 Å². The van der Waals surface area contributed by atoms with Gasteiger partial charge in [-0.05, 0) is 31.2 Å². The first-order valence-electron chi connectivity index (χ1n) is 6.71. The van der Waals surface area contributed by atoms with E-state index >= 15 is 0 Å². The topological polar surface area (TPSA) is 51.0 Å². The van der Waals surface area contributed by atoms with Crippen molar-refractivity contribution in [3.63, 3.8) is 0 Å². The fourth-order valence-electron chi connectivity index (χ4n) is 2.06. The minimum Gasteiger partial charge on any atom is -0.463 e. The van der Waals surface area contributed by atoms with Crippen molar-refractivity contribution in [2.24, 2.45) is 0 Å². The number of amides is 1. The quantitative estimate of drug-likeness (QED) is 0.639. The van der Waals surface area contributed by atoms with Gasteiger partial charge in [-0.3, -0.25) is 4.79 Å². The van der Waals surface area contributed by atoms with Crippen LogP contribution < -0.4 is 0 Å². The van der Waals surface area contributed by atoms with Gasteiger partial charge in [0.15, 0.2) is 0 Å². The molecule has 0 N–H and O–H groups in total. The van der Waals surface area contributed by atoms with E-state index in [-0.39, 0.29) is 5.91 Å². The Morgan fingerprint density at radius 1 is 1.33 bits per heavy atom. The number of fused-ring (bicyclic) bond motifs is 1. The molecule has 5 heteroatoms. The predicted octanol–water partition coefficient (Wildman–Crippen LogP) is 2.22. The third-order valence-electron chi connectivity index (χ3n) is 3.02. The molecule has 110 valence electrons. The van der Waals surface area contributed by atoms with Crippen molar-refractivity contribution >= 4 is 23.5 Å².